The van der Waals surface area contributed by atoms with E-state index >= 15 is 0 Å². The maximum Gasteiger partial charge on any atom is 0.119 e. The van der Waals surface area contributed by atoms with Crippen molar-refractivity contribution in [2.75, 3.05) is 0 Å². The molecule has 0 aliphatic heterocycles. The van der Waals surface area contributed by atoms with Crippen LogP contribution in [-0.2, 0) is 0 Å². The molecular formula is C12H15ClO. The normalized spacial score (nSPS) is 17.9. The Bertz CT molecular complexity index is 290. The summed E-state index contributed by atoms with van der Waals surface area (Å²) in [5.74, 6) is 1.83. The molecule has 0 amide bonds. The van der Waals surface area contributed by atoms with E-state index in [0.717, 1.165) is 16.7 Å². The van der Waals surface area contributed by atoms with E-state index < -0.39 is 0 Å². The van der Waals surface area contributed by atoms with Gasteiger partial charge < -0.3 is 4.74 Å². The van der Waals surface area contributed by atoms with Gasteiger partial charge in [0.2, 0.25) is 0 Å². The molecule has 2 heteroatoms. The molecule has 0 bridgehead atoms. The minimum Gasteiger partial charge on any atom is -0.491 e. The third kappa shape index (κ3) is 2.91. The van der Waals surface area contributed by atoms with Crippen LogP contribution in [0.5, 0.6) is 5.75 Å². The highest BCUT2D eigenvalue weighted by molar-refractivity contribution is 6.30. The summed E-state index contributed by atoms with van der Waals surface area (Å²) in [4.78, 5) is 0. The second-order valence-electron chi connectivity index (χ2n) is 4.06. The lowest BCUT2D eigenvalue weighted by atomic mass is 10.2. The first-order valence-electron chi connectivity index (χ1n) is 5.16. The fourth-order valence-corrected chi connectivity index (χ4v) is 1.74. The molecule has 0 saturated heterocycles. The number of halogens is 1. The van der Waals surface area contributed by atoms with E-state index in [2.05, 4.69) is 6.92 Å². The van der Waals surface area contributed by atoms with Gasteiger partial charge in [0.1, 0.15) is 5.75 Å². The van der Waals surface area contributed by atoms with Crippen LogP contribution in [0.15, 0.2) is 24.3 Å². The van der Waals surface area contributed by atoms with E-state index in [0.29, 0.717) is 6.10 Å². The maximum absolute atomic E-state index is 5.79. The molecule has 1 nitrogen and oxygen atoms in total. The molecule has 0 aromatic heterocycles. The van der Waals surface area contributed by atoms with Gasteiger partial charge in [-0.05, 0) is 43.5 Å². The van der Waals surface area contributed by atoms with E-state index in [1.165, 1.54) is 19.3 Å². The molecular weight excluding hydrogens is 196 g/mol. The molecule has 1 aromatic carbocycles. The van der Waals surface area contributed by atoms with Gasteiger partial charge in [-0.3, -0.25) is 0 Å². The molecule has 1 aliphatic rings. The topological polar surface area (TPSA) is 9.23 Å². The smallest absolute Gasteiger partial charge is 0.119 e. The second-order valence-corrected chi connectivity index (χ2v) is 4.50. The van der Waals surface area contributed by atoms with Gasteiger partial charge >= 0.3 is 0 Å². The first kappa shape index (κ1) is 9.85. The fourth-order valence-electron chi connectivity index (χ4n) is 1.62. The Hall–Kier alpha value is -0.690. The monoisotopic (exact) mass is 210 g/mol. The zero-order chi connectivity index (χ0) is 9.97. The Morgan fingerprint density at radius 2 is 2.00 bits per heavy atom. The molecule has 0 radical (unpaired) electrons. The first-order chi connectivity index (χ1) is 6.74. The highest BCUT2D eigenvalue weighted by atomic mass is 35.5. The van der Waals surface area contributed by atoms with Crippen molar-refractivity contribution in [3.05, 3.63) is 29.3 Å². The van der Waals surface area contributed by atoms with Gasteiger partial charge in [-0.1, -0.05) is 24.4 Å². The molecule has 2 rings (SSSR count). The summed E-state index contributed by atoms with van der Waals surface area (Å²) in [5.41, 5.74) is 0. The van der Waals surface area contributed by atoms with Crippen LogP contribution >= 0.6 is 11.6 Å². The zero-order valence-corrected chi connectivity index (χ0v) is 9.13. The summed E-state index contributed by atoms with van der Waals surface area (Å²) in [6.45, 7) is 2.13. The molecule has 1 atom stereocenters. The Morgan fingerprint density at radius 3 is 2.57 bits per heavy atom. The van der Waals surface area contributed by atoms with Gasteiger partial charge in [-0.15, -0.1) is 0 Å². The molecule has 1 saturated carbocycles. The predicted molar refractivity (Wildman–Crippen MR) is 58.9 cm³/mol. The average molecular weight is 211 g/mol. The minimum atomic E-state index is 0.323. The van der Waals surface area contributed by atoms with Crippen LogP contribution in [0.2, 0.25) is 5.02 Å². The third-order valence-corrected chi connectivity index (χ3v) is 2.77. The SMILES string of the molecule is CC(CC1CC1)Oc1ccc(Cl)cc1. The van der Waals surface area contributed by atoms with Crippen molar-refractivity contribution in [1.82, 2.24) is 0 Å². The minimum absolute atomic E-state index is 0.323. The maximum atomic E-state index is 5.79. The summed E-state index contributed by atoms with van der Waals surface area (Å²) in [6.07, 6.45) is 4.27. The van der Waals surface area contributed by atoms with Crippen molar-refractivity contribution in [2.24, 2.45) is 5.92 Å². The van der Waals surface area contributed by atoms with Gasteiger partial charge in [0.05, 0.1) is 6.10 Å². The summed E-state index contributed by atoms with van der Waals surface area (Å²) in [7, 11) is 0. The quantitative estimate of drug-likeness (QED) is 0.732. The lowest BCUT2D eigenvalue weighted by Gasteiger charge is -2.13. The van der Waals surface area contributed by atoms with E-state index in [1.54, 1.807) is 0 Å². The Balaban J connectivity index is 1.85. The van der Waals surface area contributed by atoms with Crippen LogP contribution in [-0.4, -0.2) is 6.10 Å². The number of hydrogen-bond acceptors (Lipinski definition) is 1. The van der Waals surface area contributed by atoms with Crippen molar-refractivity contribution in [3.63, 3.8) is 0 Å². The van der Waals surface area contributed by atoms with E-state index in [9.17, 15) is 0 Å². The molecule has 1 fully saturated rings. The lowest BCUT2D eigenvalue weighted by molar-refractivity contribution is 0.203. The first-order valence-corrected chi connectivity index (χ1v) is 5.54. The van der Waals surface area contributed by atoms with Gasteiger partial charge in [0.15, 0.2) is 0 Å². The zero-order valence-electron chi connectivity index (χ0n) is 8.37. The van der Waals surface area contributed by atoms with Crippen LogP contribution in [0, 0.1) is 5.92 Å². The van der Waals surface area contributed by atoms with Crippen molar-refractivity contribution in [3.8, 4) is 5.75 Å². The van der Waals surface area contributed by atoms with Gasteiger partial charge in [-0.25, -0.2) is 0 Å². The van der Waals surface area contributed by atoms with Crippen LogP contribution < -0.4 is 4.74 Å². The number of hydrogen-bond donors (Lipinski definition) is 0. The largest absolute Gasteiger partial charge is 0.491 e. The molecule has 0 spiro atoms. The van der Waals surface area contributed by atoms with Crippen LogP contribution in [0.1, 0.15) is 26.2 Å². The van der Waals surface area contributed by atoms with Crippen molar-refractivity contribution >= 4 is 11.6 Å². The fraction of sp³-hybridized carbons (Fsp3) is 0.500. The van der Waals surface area contributed by atoms with E-state index in [-0.39, 0.29) is 0 Å². The highest BCUT2D eigenvalue weighted by Gasteiger charge is 2.24. The highest BCUT2D eigenvalue weighted by Crippen LogP contribution is 2.34. The van der Waals surface area contributed by atoms with E-state index in [1.807, 2.05) is 24.3 Å². The van der Waals surface area contributed by atoms with E-state index in [4.69, 9.17) is 16.3 Å². The molecule has 0 heterocycles. The van der Waals surface area contributed by atoms with Crippen LogP contribution in [0.25, 0.3) is 0 Å². The summed E-state index contributed by atoms with van der Waals surface area (Å²) in [6, 6.07) is 7.57. The molecule has 1 unspecified atom stereocenters. The van der Waals surface area contributed by atoms with Gasteiger partial charge in [0, 0.05) is 5.02 Å². The predicted octanol–water partition coefficient (Wildman–Crippen LogP) is 3.91. The molecule has 1 aliphatic carbocycles. The standard InChI is InChI=1S/C12H15ClO/c1-9(8-10-2-3-10)14-12-6-4-11(13)5-7-12/h4-7,9-10H,2-3,8H2,1H3. The Labute approximate surface area is 90.0 Å². The third-order valence-electron chi connectivity index (χ3n) is 2.51. The van der Waals surface area contributed by atoms with Crippen molar-refractivity contribution in [1.29, 1.82) is 0 Å². The van der Waals surface area contributed by atoms with Crippen LogP contribution in [0.4, 0.5) is 0 Å². The molecule has 0 N–H and O–H groups in total. The Morgan fingerprint density at radius 1 is 1.36 bits per heavy atom. The number of ether oxygens (including phenoxy) is 1. The van der Waals surface area contributed by atoms with Gasteiger partial charge in [-0.2, -0.15) is 0 Å². The van der Waals surface area contributed by atoms with Crippen molar-refractivity contribution < 1.29 is 4.74 Å². The Kier molecular flexibility index (Phi) is 2.97. The molecule has 14 heavy (non-hydrogen) atoms. The number of benzene rings is 1. The summed E-state index contributed by atoms with van der Waals surface area (Å²) >= 11 is 5.79. The second kappa shape index (κ2) is 4.22. The average Bonchev–Trinajstić information content (AvgIpc) is 2.93. The summed E-state index contributed by atoms with van der Waals surface area (Å²) in [5, 5.41) is 0.757. The van der Waals surface area contributed by atoms with Crippen LogP contribution in [0.3, 0.4) is 0 Å². The van der Waals surface area contributed by atoms with Crippen molar-refractivity contribution in [2.45, 2.75) is 32.3 Å². The lowest BCUT2D eigenvalue weighted by Crippen LogP contribution is -2.12. The number of rotatable bonds is 4. The van der Waals surface area contributed by atoms with Gasteiger partial charge in [0.25, 0.3) is 0 Å². The molecule has 76 valence electrons. The summed E-state index contributed by atoms with van der Waals surface area (Å²) < 4.78 is 5.76. The molecule has 1 aromatic rings.